The van der Waals surface area contributed by atoms with E-state index in [1.165, 1.54) is 0 Å². The largest absolute Gasteiger partial charge is 0.493 e. The first-order valence-corrected chi connectivity index (χ1v) is 10.3. The number of nitrogens with zero attached hydrogens (tertiary/aromatic N) is 1. The fourth-order valence-electron chi connectivity index (χ4n) is 3.92. The van der Waals surface area contributed by atoms with Crippen molar-refractivity contribution in [2.75, 3.05) is 34.5 Å². The van der Waals surface area contributed by atoms with Crippen LogP contribution in [0.5, 0.6) is 34.5 Å². The fourth-order valence-corrected chi connectivity index (χ4v) is 3.92. The average Bonchev–Trinajstić information content (AvgIpc) is 2.84. The van der Waals surface area contributed by atoms with E-state index in [4.69, 9.17) is 33.4 Å². The van der Waals surface area contributed by atoms with Gasteiger partial charge in [0.05, 0.1) is 32.4 Å². The van der Waals surface area contributed by atoms with Crippen LogP contribution in [0.1, 0.15) is 5.56 Å². The minimum atomic E-state index is 0.300. The fraction of sp³-hybridized carbons (Fsp3) is 0.240. The van der Waals surface area contributed by atoms with E-state index in [1.807, 2.05) is 48.5 Å². The number of para-hydroxylation sites is 1. The van der Waals surface area contributed by atoms with Crippen molar-refractivity contribution in [2.24, 2.45) is 0 Å². The molecular weight excluding hydrogens is 410 g/mol. The van der Waals surface area contributed by atoms with Gasteiger partial charge >= 0.3 is 0 Å². The maximum atomic E-state index is 6.39. The van der Waals surface area contributed by atoms with E-state index in [2.05, 4.69) is 0 Å². The third-order valence-electron chi connectivity index (χ3n) is 5.40. The van der Waals surface area contributed by atoms with Gasteiger partial charge in [-0.3, -0.25) is 0 Å². The van der Waals surface area contributed by atoms with Gasteiger partial charge in [0.1, 0.15) is 25.6 Å². The van der Waals surface area contributed by atoms with Crippen molar-refractivity contribution in [2.45, 2.75) is 6.61 Å². The summed E-state index contributed by atoms with van der Waals surface area (Å²) >= 11 is 0. The maximum absolute atomic E-state index is 6.39. The van der Waals surface area contributed by atoms with Crippen LogP contribution in [0, 0.1) is 0 Å². The van der Waals surface area contributed by atoms with E-state index >= 15 is 0 Å². The highest BCUT2D eigenvalue weighted by atomic mass is 16.6. The summed E-state index contributed by atoms with van der Waals surface area (Å²) in [5.41, 5.74) is 2.51. The Morgan fingerprint density at radius 1 is 0.750 bits per heavy atom. The molecule has 1 aliphatic rings. The molecule has 0 saturated carbocycles. The van der Waals surface area contributed by atoms with Gasteiger partial charge in [-0.1, -0.05) is 12.1 Å². The molecule has 4 aromatic rings. The smallest absolute Gasteiger partial charge is 0.203 e. The molecular formula is C25H23NO6. The Morgan fingerprint density at radius 3 is 2.12 bits per heavy atom. The first-order chi connectivity index (χ1) is 15.7. The van der Waals surface area contributed by atoms with Crippen LogP contribution in [-0.2, 0) is 6.61 Å². The zero-order valence-electron chi connectivity index (χ0n) is 18.1. The highest BCUT2D eigenvalue weighted by Crippen LogP contribution is 2.42. The summed E-state index contributed by atoms with van der Waals surface area (Å²) in [7, 11) is 4.77. The molecule has 32 heavy (non-hydrogen) atoms. The lowest BCUT2D eigenvalue weighted by Crippen LogP contribution is -2.15. The Labute approximate surface area is 185 Å². The van der Waals surface area contributed by atoms with Gasteiger partial charge in [-0.15, -0.1) is 0 Å². The first-order valence-electron chi connectivity index (χ1n) is 10.3. The quantitative estimate of drug-likeness (QED) is 0.406. The predicted octanol–water partition coefficient (Wildman–Crippen LogP) is 4.76. The normalized spacial score (nSPS) is 12.6. The number of methoxy groups -OCH3 is 3. The van der Waals surface area contributed by atoms with Crippen LogP contribution in [-0.4, -0.2) is 39.5 Å². The van der Waals surface area contributed by atoms with Gasteiger partial charge in [0.2, 0.25) is 5.75 Å². The molecule has 1 aliphatic heterocycles. The second-order valence-corrected chi connectivity index (χ2v) is 7.29. The van der Waals surface area contributed by atoms with Crippen LogP contribution in [0.3, 0.4) is 0 Å². The topological polar surface area (TPSA) is 68.3 Å². The van der Waals surface area contributed by atoms with E-state index in [0.29, 0.717) is 48.6 Å². The lowest BCUT2D eigenvalue weighted by Gasteiger charge is -2.20. The van der Waals surface area contributed by atoms with E-state index in [1.54, 1.807) is 21.3 Å². The summed E-state index contributed by atoms with van der Waals surface area (Å²) in [5, 5.41) is 1.78. The van der Waals surface area contributed by atoms with Gasteiger partial charge in [-0.05, 0) is 35.9 Å². The number of ether oxygens (including phenoxy) is 6. The van der Waals surface area contributed by atoms with Crippen molar-refractivity contribution in [3.05, 3.63) is 54.1 Å². The molecule has 0 spiro atoms. The Morgan fingerprint density at radius 2 is 1.44 bits per heavy atom. The molecule has 2 heterocycles. The minimum absolute atomic E-state index is 0.300. The number of hydrogen-bond acceptors (Lipinski definition) is 7. The number of fused-ring (bicyclic) bond motifs is 3. The third-order valence-corrected chi connectivity index (χ3v) is 5.40. The van der Waals surface area contributed by atoms with Gasteiger partial charge in [0, 0.05) is 16.8 Å². The summed E-state index contributed by atoms with van der Waals surface area (Å²) in [4.78, 5) is 4.81. The standard InChI is InChI=1S/C25H23NO6/c1-27-22-10-15(11-23(28-2)25(22)29-3)14-32-24-16-6-4-5-7-18(16)26-19-13-21-20(12-17(19)24)30-8-9-31-21/h4-7,10-13H,8-9,14H2,1-3H3. The molecule has 164 valence electrons. The van der Waals surface area contributed by atoms with Crippen molar-refractivity contribution in [1.82, 2.24) is 4.98 Å². The molecule has 0 amide bonds. The van der Waals surface area contributed by atoms with Gasteiger partial charge in [0.15, 0.2) is 23.0 Å². The van der Waals surface area contributed by atoms with Crippen molar-refractivity contribution < 1.29 is 28.4 Å². The molecule has 7 heteroatoms. The number of aromatic nitrogens is 1. The average molecular weight is 433 g/mol. The molecule has 7 nitrogen and oxygen atoms in total. The van der Waals surface area contributed by atoms with Gasteiger partial charge in [-0.25, -0.2) is 4.98 Å². The highest BCUT2D eigenvalue weighted by Gasteiger charge is 2.19. The van der Waals surface area contributed by atoms with E-state index in [0.717, 1.165) is 33.1 Å². The van der Waals surface area contributed by atoms with E-state index < -0.39 is 0 Å². The first kappa shape index (κ1) is 20.1. The van der Waals surface area contributed by atoms with Crippen LogP contribution in [0.25, 0.3) is 21.8 Å². The number of hydrogen-bond donors (Lipinski definition) is 0. The number of benzene rings is 3. The van der Waals surface area contributed by atoms with Crippen LogP contribution in [0.4, 0.5) is 0 Å². The summed E-state index contributed by atoms with van der Waals surface area (Å²) in [5.74, 6) is 3.82. The Kier molecular flexibility index (Phi) is 5.23. The third kappa shape index (κ3) is 3.45. The second kappa shape index (κ2) is 8.34. The Balaban J connectivity index is 1.60. The van der Waals surface area contributed by atoms with Crippen molar-refractivity contribution in [3.63, 3.8) is 0 Å². The molecule has 0 N–H and O–H groups in total. The molecule has 3 aromatic carbocycles. The summed E-state index contributed by atoms with van der Waals surface area (Å²) in [6.45, 7) is 1.34. The van der Waals surface area contributed by atoms with Gasteiger partial charge in [0.25, 0.3) is 0 Å². The summed E-state index contributed by atoms with van der Waals surface area (Å²) in [6, 6.07) is 15.5. The Hall–Kier alpha value is -3.87. The molecule has 1 aromatic heterocycles. The van der Waals surface area contributed by atoms with Crippen molar-refractivity contribution in [3.8, 4) is 34.5 Å². The maximum Gasteiger partial charge on any atom is 0.203 e. The van der Waals surface area contributed by atoms with Crippen LogP contribution in [0.2, 0.25) is 0 Å². The zero-order valence-corrected chi connectivity index (χ0v) is 18.1. The van der Waals surface area contributed by atoms with Crippen LogP contribution < -0.4 is 28.4 Å². The van der Waals surface area contributed by atoms with Gasteiger partial charge in [-0.2, -0.15) is 0 Å². The molecule has 0 bridgehead atoms. The highest BCUT2D eigenvalue weighted by molar-refractivity contribution is 6.02. The van der Waals surface area contributed by atoms with Crippen LogP contribution >= 0.6 is 0 Å². The molecule has 0 fully saturated rings. The predicted molar refractivity (Wildman–Crippen MR) is 121 cm³/mol. The minimum Gasteiger partial charge on any atom is -0.493 e. The molecule has 0 saturated heterocycles. The molecule has 0 unspecified atom stereocenters. The number of pyridine rings is 1. The molecule has 0 atom stereocenters. The van der Waals surface area contributed by atoms with Gasteiger partial charge < -0.3 is 28.4 Å². The van der Waals surface area contributed by atoms with Crippen molar-refractivity contribution >= 4 is 21.8 Å². The summed E-state index contributed by atoms with van der Waals surface area (Å²) in [6.07, 6.45) is 0. The molecule has 0 radical (unpaired) electrons. The zero-order chi connectivity index (χ0) is 22.1. The lowest BCUT2D eigenvalue weighted by atomic mass is 10.1. The van der Waals surface area contributed by atoms with E-state index in [9.17, 15) is 0 Å². The second-order valence-electron chi connectivity index (χ2n) is 7.29. The number of rotatable bonds is 6. The SMILES string of the molecule is COc1cc(COc2c3ccccc3nc3cc4c(cc23)OCCO4)cc(OC)c1OC. The summed E-state index contributed by atoms with van der Waals surface area (Å²) < 4.78 is 34.3. The monoisotopic (exact) mass is 433 g/mol. The molecule has 0 aliphatic carbocycles. The Bertz CT molecular complexity index is 1280. The molecule has 5 rings (SSSR count). The van der Waals surface area contributed by atoms with E-state index in [-0.39, 0.29) is 0 Å². The van der Waals surface area contributed by atoms with Crippen LogP contribution in [0.15, 0.2) is 48.5 Å². The van der Waals surface area contributed by atoms with Crippen molar-refractivity contribution in [1.29, 1.82) is 0 Å². The lowest BCUT2D eigenvalue weighted by molar-refractivity contribution is 0.172.